The van der Waals surface area contributed by atoms with Crippen molar-refractivity contribution in [3.05, 3.63) is 94.5 Å². The van der Waals surface area contributed by atoms with Crippen molar-refractivity contribution in [1.82, 2.24) is 5.43 Å². The van der Waals surface area contributed by atoms with E-state index < -0.39 is 0 Å². The lowest BCUT2D eigenvalue weighted by Crippen LogP contribution is -2.20. The van der Waals surface area contributed by atoms with E-state index in [-0.39, 0.29) is 11.8 Å². The molecular weight excluding hydrogens is 402 g/mol. The zero-order valence-electron chi connectivity index (χ0n) is 16.5. The third-order valence-corrected chi connectivity index (χ3v) is 4.60. The van der Waals surface area contributed by atoms with E-state index in [9.17, 15) is 9.59 Å². The molecule has 0 aromatic heterocycles. The first-order chi connectivity index (χ1) is 14.5. The Labute approximate surface area is 179 Å². The van der Waals surface area contributed by atoms with E-state index in [0.29, 0.717) is 33.3 Å². The molecule has 0 fully saturated rings. The highest BCUT2D eigenvalue weighted by Gasteiger charge is 2.11. The van der Waals surface area contributed by atoms with E-state index in [0.717, 1.165) is 5.56 Å². The zero-order chi connectivity index (χ0) is 21.5. The van der Waals surface area contributed by atoms with Gasteiger partial charge in [-0.15, -0.1) is 0 Å². The number of hydrazone groups is 1. The molecule has 0 radical (unpaired) electrons. The molecule has 0 aliphatic heterocycles. The monoisotopic (exact) mass is 421 g/mol. The highest BCUT2D eigenvalue weighted by molar-refractivity contribution is 6.30. The van der Waals surface area contributed by atoms with Crippen LogP contribution in [0.2, 0.25) is 5.02 Å². The highest BCUT2D eigenvalue weighted by atomic mass is 35.5. The van der Waals surface area contributed by atoms with Crippen molar-refractivity contribution >= 4 is 34.8 Å². The van der Waals surface area contributed by atoms with Gasteiger partial charge in [0.25, 0.3) is 11.8 Å². The maximum Gasteiger partial charge on any atom is 0.275 e. The van der Waals surface area contributed by atoms with Crippen molar-refractivity contribution in [1.29, 1.82) is 0 Å². The minimum absolute atomic E-state index is 0.228. The predicted octanol–water partition coefficient (Wildman–Crippen LogP) is 4.75. The summed E-state index contributed by atoms with van der Waals surface area (Å²) in [7, 11) is 1.51. The Balaban J connectivity index is 1.64. The van der Waals surface area contributed by atoms with Crippen molar-refractivity contribution in [3.63, 3.8) is 0 Å². The van der Waals surface area contributed by atoms with E-state index in [1.54, 1.807) is 67.6 Å². The highest BCUT2D eigenvalue weighted by Crippen LogP contribution is 2.17. The van der Waals surface area contributed by atoms with Gasteiger partial charge in [0, 0.05) is 16.3 Å². The molecule has 2 N–H and O–H groups in total. The third-order valence-electron chi connectivity index (χ3n) is 4.34. The number of rotatable bonds is 6. The van der Waals surface area contributed by atoms with Crippen LogP contribution in [0.15, 0.2) is 77.9 Å². The average molecular weight is 422 g/mol. The summed E-state index contributed by atoms with van der Waals surface area (Å²) in [6.07, 6.45) is 0. The largest absolute Gasteiger partial charge is 0.496 e. The minimum atomic E-state index is -0.362. The van der Waals surface area contributed by atoms with Crippen molar-refractivity contribution < 1.29 is 14.3 Å². The Hall–Kier alpha value is -3.64. The third kappa shape index (κ3) is 5.24. The molecular formula is C23H20ClN3O3. The lowest BCUT2D eigenvalue weighted by molar-refractivity contribution is 0.0951. The van der Waals surface area contributed by atoms with Gasteiger partial charge in [-0.1, -0.05) is 35.9 Å². The van der Waals surface area contributed by atoms with Crippen LogP contribution in [-0.2, 0) is 0 Å². The fraction of sp³-hybridized carbons (Fsp3) is 0.0870. The second-order valence-electron chi connectivity index (χ2n) is 6.38. The minimum Gasteiger partial charge on any atom is -0.496 e. The van der Waals surface area contributed by atoms with Crippen LogP contribution in [0, 0.1) is 0 Å². The molecule has 3 rings (SSSR count). The topological polar surface area (TPSA) is 79.8 Å². The van der Waals surface area contributed by atoms with Gasteiger partial charge in [-0.05, 0) is 61.0 Å². The van der Waals surface area contributed by atoms with Gasteiger partial charge in [-0.25, -0.2) is 5.43 Å². The first-order valence-electron chi connectivity index (χ1n) is 9.13. The first kappa shape index (κ1) is 21.1. The molecule has 0 atom stereocenters. The summed E-state index contributed by atoms with van der Waals surface area (Å²) in [6, 6.07) is 20.7. The Morgan fingerprint density at radius 1 is 0.867 bits per heavy atom. The van der Waals surface area contributed by atoms with Crippen molar-refractivity contribution in [3.8, 4) is 5.75 Å². The molecule has 0 heterocycles. The van der Waals surface area contributed by atoms with Gasteiger partial charge in [0.05, 0.1) is 18.4 Å². The standard InChI is InChI=1S/C23H20ClN3O3/c1-15(26-27-23(29)20-5-3-4-6-21(20)30-2)16-9-13-19(14-10-16)25-22(28)17-7-11-18(24)12-8-17/h3-14H,1-2H3,(H,25,28)(H,27,29). The van der Waals surface area contributed by atoms with Gasteiger partial charge in [0.2, 0.25) is 0 Å². The fourth-order valence-corrected chi connectivity index (χ4v) is 2.82. The molecule has 30 heavy (non-hydrogen) atoms. The van der Waals surface area contributed by atoms with Crippen molar-refractivity contribution in [2.24, 2.45) is 5.10 Å². The predicted molar refractivity (Wildman–Crippen MR) is 119 cm³/mol. The maximum absolute atomic E-state index is 12.3. The summed E-state index contributed by atoms with van der Waals surface area (Å²) in [4.78, 5) is 24.6. The summed E-state index contributed by atoms with van der Waals surface area (Å²) in [6.45, 7) is 1.78. The first-order valence-corrected chi connectivity index (χ1v) is 9.50. The van der Waals surface area contributed by atoms with E-state index in [1.807, 2.05) is 12.1 Å². The van der Waals surface area contributed by atoms with E-state index in [1.165, 1.54) is 7.11 Å². The van der Waals surface area contributed by atoms with Crippen LogP contribution in [0.1, 0.15) is 33.2 Å². The molecule has 0 saturated heterocycles. The lowest BCUT2D eigenvalue weighted by Gasteiger charge is -2.08. The number of carbonyl (C=O) groups excluding carboxylic acids is 2. The number of methoxy groups -OCH3 is 1. The molecule has 3 aromatic carbocycles. The maximum atomic E-state index is 12.3. The summed E-state index contributed by atoms with van der Waals surface area (Å²) >= 11 is 5.84. The number of halogens is 1. The van der Waals surface area contributed by atoms with Crippen LogP contribution in [-0.4, -0.2) is 24.6 Å². The van der Waals surface area contributed by atoms with Crippen LogP contribution in [0.4, 0.5) is 5.69 Å². The molecule has 2 amide bonds. The quantitative estimate of drug-likeness (QED) is 0.445. The van der Waals surface area contributed by atoms with Gasteiger partial charge in [-0.2, -0.15) is 5.10 Å². The van der Waals surface area contributed by atoms with Gasteiger partial charge < -0.3 is 10.1 Å². The molecule has 152 valence electrons. The Morgan fingerprint density at radius 3 is 2.17 bits per heavy atom. The number of benzene rings is 3. The van der Waals surface area contributed by atoms with Gasteiger partial charge in [-0.3, -0.25) is 9.59 Å². The number of hydrogen-bond acceptors (Lipinski definition) is 4. The second kappa shape index (κ2) is 9.71. The molecule has 0 spiro atoms. The second-order valence-corrected chi connectivity index (χ2v) is 6.81. The number of nitrogens with zero attached hydrogens (tertiary/aromatic N) is 1. The molecule has 7 heteroatoms. The fourth-order valence-electron chi connectivity index (χ4n) is 2.69. The summed E-state index contributed by atoms with van der Waals surface area (Å²) < 4.78 is 5.19. The smallest absolute Gasteiger partial charge is 0.275 e. The van der Waals surface area contributed by atoms with Crippen LogP contribution >= 0.6 is 11.6 Å². The number of amides is 2. The van der Waals surface area contributed by atoms with Crippen LogP contribution in [0.25, 0.3) is 0 Å². The van der Waals surface area contributed by atoms with Gasteiger partial charge in [0.15, 0.2) is 0 Å². The average Bonchev–Trinajstić information content (AvgIpc) is 2.78. The number of ether oxygens (including phenoxy) is 1. The molecule has 0 bridgehead atoms. The molecule has 3 aromatic rings. The van der Waals surface area contributed by atoms with Gasteiger partial charge >= 0.3 is 0 Å². The summed E-state index contributed by atoms with van der Waals surface area (Å²) in [5, 5.41) is 7.55. The Kier molecular flexibility index (Phi) is 6.83. The number of carbonyl (C=O) groups is 2. The summed E-state index contributed by atoms with van der Waals surface area (Å²) in [5.41, 5.74) is 5.52. The summed E-state index contributed by atoms with van der Waals surface area (Å²) in [5.74, 6) is -0.115. The molecule has 0 aliphatic carbocycles. The number of anilines is 1. The Bertz CT molecular complexity index is 1080. The number of hydrogen-bond donors (Lipinski definition) is 2. The number of para-hydroxylation sites is 1. The van der Waals surface area contributed by atoms with Gasteiger partial charge in [0.1, 0.15) is 5.75 Å². The van der Waals surface area contributed by atoms with Crippen molar-refractivity contribution in [2.45, 2.75) is 6.92 Å². The van der Waals surface area contributed by atoms with Crippen LogP contribution in [0.5, 0.6) is 5.75 Å². The van der Waals surface area contributed by atoms with Crippen LogP contribution < -0.4 is 15.5 Å². The SMILES string of the molecule is COc1ccccc1C(=O)NN=C(C)c1ccc(NC(=O)c2ccc(Cl)cc2)cc1. The molecule has 0 aliphatic rings. The van der Waals surface area contributed by atoms with Crippen LogP contribution in [0.3, 0.4) is 0 Å². The molecule has 0 saturated carbocycles. The molecule has 0 unspecified atom stereocenters. The van der Waals surface area contributed by atoms with E-state index >= 15 is 0 Å². The molecule has 6 nitrogen and oxygen atoms in total. The zero-order valence-corrected chi connectivity index (χ0v) is 17.2. The van der Waals surface area contributed by atoms with E-state index in [4.69, 9.17) is 16.3 Å². The normalized spacial score (nSPS) is 11.0. The number of nitrogens with one attached hydrogen (secondary N) is 2. The lowest BCUT2D eigenvalue weighted by atomic mass is 10.1. The Morgan fingerprint density at radius 2 is 1.50 bits per heavy atom. The van der Waals surface area contributed by atoms with E-state index in [2.05, 4.69) is 15.8 Å². The van der Waals surface area contributed by atoms with Crippen molar-refractivity contribution in [2.75, 3.05) is 12.4 Å².